The van der Waals surface area contributed by atoms with E-state index in [1.54, 1.807) is 0 Å². The second-order valence-corrected chi connectivity index (χ2v) is 3.10. The Kier molecular flexibility index (Phi) is 1.93. The number of hydrogen-bond acceptors (Lipinski definition) is 0. The van der Waals surface area contributed by atoms with Gasteiger partial charge in [-0.15, -0.1) is 0 Å². The first-order chi connectivity index (χ1) is 3.84. The van der Waals surface area contributed by atoms with E-state index in [1.165, 1.54) is 25.7 Å². The lowest BCUT2D eigenvalue weighted by Crippen LogP contribution is -2.22. The average molecular weight is 112 g/mol. The van der Waals surface area contributed by atoms with Gasteiger partial charge in [0.05, 0.1) is 0 Å². The molecule has 0 saturated heterocycles. The molecule has 0 spiro atoms. The maximum absolute atomic E-state index is 2.38. The van der Waals surface area contributed by atoms with Gasteiger partial charge in [0.15, 0.2) is 0 Å². The molecular weight excluding hydrogens is 96.1 g/mol. The summed E-state index contributed by atoms with van der Waals surface area (Å²) in [6.07, 6.45) is 5.86. The standard InChI is InChI=1S/C8H16/c1-3-4-8-6-5-7(8)2/h7-8H,3-6H2,1-2H3. The van der Waals surface area contributed by atoms with Crippen molar-refractivity contribution in [2.75, 3.05) is 0 Å². The van der Waals surface area contributed by atoms with Crippen LogP contribution in [0.15, 0.2) is 0 Å². The fourth-order valence-corrected chi connectivity index (χ4v) is 1.54. The van der Waals surface area contributed by atoms with Crippen molar-refractivity contribution in [1.29, 1.82) is 0 Å². The van der Waals surface area contributed by atoms with Gasteiger partial charge in [0.1, 0.15) is 0 Å². The van der Waals surface area contributed by atoms with E-state index in [4.69, 9.17) is 0 Å². The summed E-state index contributed by atoms with van der Waals surface area (Å²) < 4.78 is 0. The molecule has 1 rings (SSSR count). The highest BCUT2D eigenvalue weighted by Gasteiger charge is 2.24. The van der Waals surface area contributed by atoms with Crippen molar-refractivity contribution >= 4 is 0 Å². The summed E-state index contributed by atoms with van der Waals surface area (Å²) in [4.78, 5) is 0. The molecule has 1 fully saturated rings. The molecule has 0 aromatic carbocycles. The van der Waals surface area contributed by atoms with E-state index in [1.807, 2.05) is 0 Å². The van der Waals surface area contributed by atoms with Crippen LogP contribution in [0.2, 0.25) is 0 Å². The Balaban J connectivity index is 2.08. The first-order valence-corrected chi connectivity index (χ1v) is 3.84. The maximum atomic E-state index is 2.38. The fraction of sp³-hybridized carbons (Fsp3) is 1.00. The van der Waals surface area contributed by atoms with E-state index < -0.39 is 0 Å². The summed E-state index contributed by atoms with van der Waals surface area (Å²) in [7, 11) is 0. The Labute approximate surface area is 52.3 Å². The van der Waals surface area contributed by atoms with Gasteiger partial charge < -0.3 is 0 Å². The van der Waals surface area contributed by atoms with E-state index in [2.05, 4.69) is 13.8 Å². The molecule has 2 atom stereocenters. The quantitative estimate of drug-likeness (QED) is 0.515. The molecule has 0 heteroatoms. The molecule has 0 bridgehead atoms. The molecule has 1 saturated carbocycles. The van der Waals surface area contributed by atoms with Crippen LogP contribution in [-0.4, -0.2) is 0 Å². The van der Waals surface area contributed by atoms with Crippen LogP contribution in [0.1, 0.15) is 39.5 Å². The molecule has 0 radical (unpaired) electrons. The molecule has 8 heavy (non-hydrogen) atoms. The Morgan fingerprint density at radius 2 is 2.12 bits per heavy atom. The third-order valence-corrected chi connectivity index (χ3v) is 2.46. The zero-order chi connectivity index (χ0) is 5.98. The molecule has 0 heterocycles. The summed E-state index contributed by atoms with van der Waals surface area (Å²) >= 11 is 0. The van der Waals surface area contributed by atoms with Crippen LogP contribution in [-0.2, 0) is 0 Å². The normalized spacial score (nSPS) is 36.8. The third-order valence-electron chi connectivity index (χ3n) is 2.46. The predicted octanol–water partition coefficient (Wildman–Crippen LogP) is 2.83. The van der Waals surface area contributed by atoms with Crippen molar-refractivity contribution in [3.8, 4) is 0 Å². The molecule has 0 nitrogen and oxygen atoms in total. The highest BCUT2D eigenvalue weighted by Crippen LogP contribution is 2.36. The van der Waals surface area contributed by atoms with Gasteiger partial charge in [-0.2, -0.15) is 0 Å². The minimum absolute atomic E-state index is 1.05. The van der Waals surface area contributed by atoms with E-state index in [-0.39, 0.29) is 0 Å². The Hall–Kier alpha value is 0. The van der Waals surface area contributed by atoms with Crippen molar-refractivity contribution < 1.29 is 0 Å². The summed E-state index contributed by atoms with van der Waals surface area (Å²) in [5.74, 6) is 2.15. The van der Waals surface area contributed by atoms with Crippen molar-refractivity contribution in [1.82, 2.24) is 0 Å². The van der Waals surface area contributed by atoms with Crippen molar-refractivity contribution in [3.63, 3.8) is 0 Å². The molecule has 0 aliphatic heterocycles. The lowest BCUT2D eigenvalue weighted by atomic mass is 9.73. The minimum Gasteiger partial charge on any atom is -0.0654 e. The zero-order valence-electron chi connectivity index (χ0n) is 5.98. The molecule has 48 valence electrons. The van der Waals surface area contributed by atoms with Crippen LogP contribution in [0.25, 0.3) is 0 Å². The summed E-state index contributed by atoms with van der Waals surface area (Å²) in [6, 6.07) is 0. The first-order valence-electron chi connectivity index (χ1n) is 3.84. The van der Waals surface area contributed by atoms with Crippen molar-refractivity contribution in [2.24, 2.45) is 11.8 Å². The molecule has 0 N–H and O–H groups in total. The molecule has 0 amide bonds. The van der Waals surface area contributed by atoms with Gasteiger partial charge in [0.2, 0.25) is 0 Å². The zero-order valence-corrected chi connectivity index (χ0v) is 5.98. The Bertz CT molecular complexity index is 66.4. The lowest BCUT2D eigenvalue weighted by Gasteiger charge is -2.33. The Morgan fingerprint density at radius 1 is 1.38 bits per heavy atom. The summed E-state index contributed by atoms with van der Waals surface area (Å²) in [5, 5.41) is 0. The first kappa shape index (κ1) is 6.12. The molecule has 1 aliphatic rings. The molecule has 2 unspecified atom stereocenters. The second-order valence-electron chi connectivity index (χ2n) is 3.10. The van der Waals surface area contributed by atoms with Gasteiger partial charge in [-0.3, -0.25) is 0 Å². The molecule has 0 aromatic rings. The molecular formula is C8H16. The summed E-state index contributed by atoms with van der Waals surface area (Å²) in [5.41, 5.74) is 0. The number of rotatable bonds is 2. The largest absolute Gasteiger partial charge is 0.0654 e. The fourth-order valence-electron chi connectivity index (χ4n) is 1.54. The van der Waals surface area contributed by atoms with Gasteiger partial charge >= 0.3 is 0 Å². The van der Waals surface area contributed by atoms with E-state index >= 15 is 0 Å². The van der Waals surface area contributed by atoms with Gasteiger partial charge in [0, 0.05) is 0 Å². The van der Waals surface area contributed by atoms with Crippen LogP contribution in [0, 0.1) is 11.8 Å². The second kappa shape index (κ2) is 2.52. The molecule has 0 aromatic heterocycles. The predicted molar refractivity (Wildman–Crippen MR) is 36.8 cm³/mol. The van der Waals surface area contributed by atoms with Gasteiger partial charge in [-0.1, -0.05) is 33.1 Å². The Morgan fingerprint density at radius 3 is 2.25 bits per heavy atom. The summed E-state index contributed by atoms with van der Waals surface area (Å²) in [6.45, 7) is 4.66. The molecule has 1 aliphatic carbocycles. The monoisotopic (exact) mass is 112 g/mol. The SMILES string of the molecule is CCCC1CCC1C. The highest BCUT2D eigenvalue weighted by atomic mass is 14.3. The highest BCUT2D eigenvalue weighted by molar-refractivity contribution is 4.76. The van der Waals surface area contributed by atoms with Crippen LogP contribution in [0.5, 0.6) is 0 Å². The number of hydrogen-bond donors (Lipinski definition) is 0. The smallest absolute Gasteiger partial charge is 0.0388 e. The van der Waals surface area contributed by atoms with Crippen molar-refractivity contribution in [3.05, 3.63) is 0 Å². The van der Waals surface area contributed by atoms with Crippen LogP contribution in [0.3, 0.4) is 0 Å². The lowest BCUT2D eigenvalue weighted by molar-refractivity contribution is 0.182. The van der Waals surface area contributed by atoms with Crippen molar-refractivity contribution in [2.45, 2.75) is 39.5 Å². The van der Waals surface area contributed by atoms with Crippen LogP contribution < -0.4 is 0 Å². The topological polar surface area (TPSA) is 0 Å². The van der Waals surface area contributed by atoms with E-state index in [0.717, 1.165) is 11.8 Å². The van der Waals surface area contributed by atoms with Gasteiger partial charge in [0.25, 0.3) is 0 Å². The van der Waals surface area contributed by atoms with E-state index in [0.29, 0.717) is 0 Å². The van der Waals surface area contributed by atoms with Crippen LogP contribution >= 0.6 is 0 Å². The van der Waals surface area contributed by atoms with Gasteiger partial charge in [-0.25, -0.2) is 0 Å². The average Bonchev–Trinajstić information content (AvgIpc) is 1.79. The van der Waals surface area contributed by atoms with E-state index in [9.17, 15) is 0 Å². The third kappa shape index (κ3) is 1.04. The minimum atomic E-state index is 1.05. The van der Waals surface area contributed by atoms with Crippen LogP contribution in [0.4, 0.5) is 0 Å². The van der Waals surface area contributed by atoms with Gasteiger partial charge in [-0.05, 0) is 18.3 Å². The maximum Gasteiger partial charge on any atom is -0.0388 e.